The molecule has 2 aromatic rings. The van der Waals surface area contributed by atoms with E-state index in [1.807, 2.05) is 10.9 Å². The van der Waals surface area contributed by atoms with Crippen LogP contribution in [0.2, 0.25) is 0 Å². The van der Waals surface area contributed by atoms with E-state index in [2.05, 4.69) is 41.2 Å². The molecule has 0 spiro atoms. The number of aliphatic hydroxyl groups excluding tert-OH is 1. The molecule has 0 aromatic carbocycles. The lowest BCUT2D eigenvalue weighted by Gasteiger charge is -2.42. The molecule has 0 atom stereocenters. The molecule has 0 amide bonds. The van der Waals surface area contributed by atoms with Crippen LogP contribution in [0.4, 0.5) is 5.82 Å². The fraction of sp³-hybridized carbons (Fsp3) is 0.688. The van der Waals surface area contributed by atoms with Crippen LogP contribution in [-0.2, 0) is 5.54 Å². The Morgan fingerprint density at radius 2 is 2.09 bits per heavy atom. The molecule has 0 saturated heterocycles. The summed E-state index contributed by atoms with van der Waals surface area (Å²) < 4.78 is 1.93. The van der Waals surface area contributed by atoms with Gasteiger partial charge in [-0.2, -0.15) is 5.10 Å². The summed E-state index contributed by atoms with van der Waals surface area (Å²) in [7, 11) is 0. The van der Waals surface area contributed by atoms with Crippen LogP contribution in [0.3, 0.4) is 0 Å². The number of hydrogen-bond acceptors (Lipinski definition) is 5. The highest BCUT2D eigenvalue weighted by atomic mass is 16.3. The van der Waals surface area contributed by atoms with Crippen molar-refractivity contribution < 1.29 is 5.11 Å². The minimum Gasteiger partial charge on any atom is -0.396 e. The van der Waals surface area contributed by atoms with Crippen molar-refractivity contribution in [1.82, 2.24) is 19.7 Å². The van der Waals surface area contributed by atoms with Gasteiger partial charge in [0.1, 0.15) is 12.1 Å². The fourth-order valence-electron chi connectivity index (χ4n) is 3.18. The van der Waals surface area contributed by atoms with Crippen LogP contribution < -0.4 is 5.32 Å². The highest BCUT2D eigenvalue weighted by molar-refractivity contribution is 5.86. The van der Waals surface area contributed by atoms with Crippen molar-refractivity contribution in [1.29, 1.82) is 0 Å². The van der Waals surface area contributed by atoms with E-state index < -0.39 is 0 Å². The highest BCUT2D eigenvalue weighted by Crippen LogP contribution is 2.43. The minimum absolute atomic E-state index is 0.112. The van der Waals surface area contributed by atoms with E-state index in [1.165, 1.54) is 19.3 Å². The Bertz CT molecular complexity index is 654. The van der Waals surface area contributed by atoms with E-state index in [0.717, 1.165) is 29.8 Å². The molecule has 2 N–H and O–H groups in total. The second-order valence-corrected chi connectivity index (χ2v) is 7.37. The Labute approximate surface area is 131 Å². The number of aromatic nitrogens is 4. The van der Waals surface area contributed by atoms with Crippen molar-refractivity contribution in [2.75, 3.05) is 18.5 Å². The van der Waals surface area contributed by atoms with Gasteiger partial charge in [0.25, 0.3) is 0 Å². The zero-order valence-electron chi connectivity index (χ0n) is 13.6. The number of nitrogens with zero attached hydrogens (tertiary/aromatic N) is 4. The molecular formula is C16H25N5O. The monoisotopic (exact) mass is 303 g/mol. The minimum atomic E-state index is -0.112. The first-order chi connectivity index (χ1) is 10.5. The molecule has 2 heterocycles. The Kier molecular flexibility index (Phi) is 3.80. The van der Waals surface area contributed by atoms with E-state index in [-0.39, 0.29) is 17.6 Å². The van der Waals surface area contributed by atoms with E-state index in [4.69, 9.17) is 0 Å². The topological polar surface area (TPSA) is 75.9 Å². The molecule has 1 aliphatic carbocycles. The van der Waals surface area contributed by atoms with Gasteiger partial charge in [-0.1, -0.05) is 6.42 Å². The molecule has 0 unspecified atom stereocenters. The normalized spacial score (nSPS) is 17.5. The van der Waals surface area contributed by atoms with Gasteiger partial charge < -0.3 is 10.4 Å². The smallest absolute Gasteiger partial charge is 0.163 e. The van der Waals surface area contributed by atoms with Crippen molar-refractivity contribution in [2.24, 2.45) is 5.41 Å². The predicted molar refractivity (Wildman–Crippen MR) is 86.8 cm³/mol. The third kappa shape index (κ3) is 2.67. The van der Waals surface area contributed by atoms with Gasteiger partial charge in [-0.3, -0.25) is 0 Å². The van der Waals surface area contributed by atoms with Crippen LogP contribution in [-0.4, -0.2) is 38.0 Å². The molecule has 1 aliphatic rings. The maximum Gasteiger partial charge on any atom is 0.163 e. The first-order valence-corrected chi connectivity index (χ1v) is 7.99. The van der Waals surface area contributed by atoms with Crippen LogP contribution in [0, 0.1) is 5.41 Å². The highest BCUT2D eigenvalue weighted by Gasteiger charge is 2.36. The summed E-state index contributed by atoms with van der Waals surface area (Å²) in [5.41, 5.74) is 0.973. The van der Waals surface area contributed by atoms with E-state index >= 15 is 0 Å². The molecule has 0 radical (unpaired) electrons. The molecule has 1 fully saturated rings. The molecule has 0 aliphatic heterocycles. The summed E-state index contributed by atoms with van der Waals surface area (Å²) in [5, 5.41) is 18.2. The number of nitrogens with one attached hydrogen (secondary N) is 1. The van der Waals surface area contributed by atoms with Crippen molar-refractivity contribution in [3.05, 3.63) is 12.5 Å². The van der Waals surface area contributed by atoms with E-state index in [9.17, 15) is 5.11 Å². The first-order valence-electron chi connectivity index (χ1n) is 7.99. The van der Waals surface area contributed by atoms with Gasteiger partial charge in [0.15, 0.2) is 5.65 Å². The second kappa shape index (κ2) is 5.50. The summed E-state index contributed by atoms with van der Waals surface area (Å²) in [6.07, 6.45) is 7.89. The summed E-state index contributed by atoms with van der Waals surface area (Å²) in [6, 6.07) is 0. The molecule has 2 aromatic heterocycles. The molecule has 22 heavy (non-hydrogen) atoms. The van der Waals surface area contributed by atoms with Crippen molar-refractivity contribution in [3.8, 4) is 0 Å². The SMILES string of the molecule is CC(C)(C)n1ncc2c(NCC3(CCO)CCC3)ncnc21. The van der Waals surface area contributed by atoms with Gasteiger partial charge in [0.2, 0.25) is 0 Å². The first kappa shape index (κ1) is 15.2. The average Bonchev–Trinajstić information content (AvgIpc) is 2.86. The van der Waals surface area contributed by atoms with Crippen molar-refractivity contribution in [3.63, 3.8) is 0 Å². The van der Waals surface area contributed by atoms with Crippen LogP contribution in [0.5, 0.6) is 0 Å². The summed E-state index contributed by atoms with van der Waals surface area (Å²) in [4.78, 5) is 8.78. The third-order valence-electron chi connectivity index (χ3n) is 4.69. The zero-order valence-corrected chi connectivity index (χ0v) is 13.6. The number of hydrogen-bond donors (Lipinski definition) is 2. The lowest BCUT2D eigenvalue weighted by Crippen LogP contribution is -2.37. The van der Waals surface area contributed by atoms with E-state index in [0.29, 0.717) is 0 Å². The maximum atomic E-state index is 9.26. The van der Waals surface area contributed by atoms with Crippen LogP contribution in [0.25, 0.3) is 11.0 Å². The number of rotatable bonds is 5. The number of fused-ring (bicyclic) bond motifs is 1. The van der Waals surface area contributed by atoms with Gasteiger partial charge in [-0.25, -0.2) is 14.6 Å². The Morgan fingerprint density at radius 1 is 1.32 bits per heavy atom. The van der Waals surface area contributed by atoms with Gasteiger partial charge in [0.05, 0.1) is 17.1 Å². The Morgan fingerprint density at radius 3 is 2.68 bits per heavy atom. The average molecular weight is 303 g/mol. The van der Waals surface area contributed by atoms with Crippen molar-refractivity contribution >= 4 is 16.9 Å². The number of aliphatic hydroxyl groups is 1. The molecule has 0 bridgehead atoms. The van der Waals surface area contributed by atoms with Crippen molar-refractivity contribution in [2.45, 2.75) is 52.0 Å². The zero-order chi connectivity index (χ0) is 15.8. The van der Waals surface area contributed by atoms with Crippen LogP contribution >= 0.6 is 0 Å². The standard InChI is InChI=1S/C16H25N5O/c1-15(2,3)21-14-12(9-20-21)13(18-11-19-14)17-10-16(7-8-22)5-4-6-16/h9,11,22H,4-8,10H2,1-3H3,(H,17,18,19). The number of anilines is 1. The molecule has 120 valence electrons. The largest absolute Gasteiger partial charge is 0.396 e. The fourth-order valence-corrected chi connectivity index (χ4v) is 3.18. The van der Waals surface area contributed by atoms with Crippen LogP contribution in [0.1, 0.15) is 46.5 Å². The molecule has 3 rings (SSSR count). The molecule has 6 nitrogen and oxygen atoms in total. The second-order valence-electron chi connectivity index (χ2n) is 7.37. The maximum absolute atomic E-state index is 9.26. The van der Waals surface area contributed by atoms with Gasteiger partial charge >= 0.3 is 0 Å². The molecule has 1 saturated carbocycles. The van der Waals surface area contributed by atoms with E-state index in [1.54, 1.807) is 6.33 Å². The van der Waals surface area contributed by atoms with Gasteiger partial charge in [-0.05, 0) is 45.4 Å². The summed E-state index contributed by atoms with van der Waals surface area (Å²) >= 11 is 0. The lowest BCUT2D eigenvalue weighted by molar-refractivity contribution is 0.102. The Balaban J connectivity index is 1.84. The van der Waals surface area contributed by atoms with Gasteiger partial charge in [-0.15, -0.1) is 0 Å². The lowest BCUT2D eigenvalue weighted by atomic mass is 9.67. The quantitative estimate of drug-likeness (QED) is 0.887. The van der Waals surface area contributed by atoms with Crippen LogP contribution in [0.15, 0.2) is 12.5 Å². The summed E-state index contributed by atoms with van der Waals surface area (Å²) in [6.45, 7) is 7.43. The van der Waals surface area contributed by atoms with Gasteiger partial charge in [0, 0.05) is 13.2 Å². The third-order valence-corrected chi connectivity index (χ3v) is 4.69. The molecular weight excluding hydrogens is 278 g/mol. The summed E-state index contributed by atoms with van der Waals surface area (Å²) in [5.74, 6) is 0.838. The Hall–Kier alpha value is -1.69. The molecule has 6 heteroatoms. The predicted octanol–water partition coefficient (Wildman–Crippen LogP) is 2.55.